The first kappa shape index (κ1) is 17.9. The normalized spacial score (nSPS) is 20.6. The first-order chi connectivity index (χ1) is 13.3. The largest absolute Gasteiger partial charge is 0.472 e. The molecule has 2 aliphatic heterocycles. The van der Waals surface area contributed by atoms with Gasteiger partial charge in [0.1, 0.15) is 6.10 Å². The maximum absolute atomic E-state index is 12.7. The smallest absolute Gasteiger partial charge is 0.255 e. The highest BCUT2D eigenvalue weighted by atomic mass is 16.5. The van der Waals surface area contributed by atoms with Crippen molar-refractivity contribution in [2.75, 3.05) is 39.4 Å². The van der Waals surface area contributed by atoms with E-state index in [1.807, 2.05) is 11.0 Å². The molecule has 142 valence electrons. The van der Waals surface area contributed by atoms with Crippen LogP contribution in [0.1, 0.15) is 22.3 Å². The third kappa shape index (κ3) is 4.64. The van der Waals surface area contributed by atoms with Gasteiger partial charge in [-0.3, -0.25) is 9.69 Å². The summed E-state index contributed by atoms with van der Waals surface area (Å²) < 4.78 is 11.1. The second-order valence-corrected chi connectivity index (χ2v) is 7.04. The average Bonchev–Trinajstić information content (AvgIpc) is 3.22. The lowest BCUT2D eigenvalue weighted by molar-refractivity contribution is 0.0628. The Labute approximate surface area is 159 Å². The molecule has 0 saturated carbocycles. The number of piperazine rings is 1. The minimum atomic E-state index is 0.0395. The van der Waals surface area contributed by atoms with Gasteiger partial charge in [0.15, 0.2) is 0 Å². The van der Waals surface area contributed by atoms with Crippen molar-refractivity contribution in [1.29, 1.82) is 0 Å². The quantitative estimate of drug-likeness (QED) is 0.811. The molecule has 2 fully saturated rings. The van der Waals surface area contributed by atoms with Crippen LogP contribution < -0.4 is 4.74 Å². The topological polar surface area (TPSA) is 54.9 Å². The molecule has 2 aromatic rings. The SMILES string of the molecule is O=C(c1ccc(O[C@H]2CCOC2)nc1)N1CCN(Cc2ccccc2)CC1. The summed E-state index contributed by atoms with van der Waals surface area (Å²) in [7, 11) is 0. The Kier molecular flexibility index (Phi) is 5.65. The molecule has 1 aromatic carbocycles. The maximum atomic E-state index is 12.7. The summed E-state index contributed by atoms with van der Waals surface area (Å²) in [5.74, 6) is 0.590. The molecule has 27 heavy (non-hydrogen) atoms. The Morgan fingerprint density at radius 1 is 1.11 bits per heavy atom. The lowest BCUT2D eigenvalue weighted by Gasteiger charge is -2.34. The Bertz CT molecular complexity index is 737. The zero-order valence-electron chi connectivity index (χ0n) is 15.4. The minimum Gasteiger partial charge on any atom is -0.472 e. The first-order valence-electron chi connectivity index (χ1n) is 9.54. The monoisotopic (exact) mass is 367 g/mol. The van der Waals surface area contributed by atoms with E-state index in [-0.39, 0.29) is 12.0 Å². The molecular formula is C21H25N3O3. The molecule has 1 amide bonds. The van der Waals surface area contributed by atoms with Crippen LogP contribution in [-0.2, 0) is 11.3 Å². The van der Waals surface area contributed by atoms with Crippen LogP contribution in [0, 0.1) is 0 Å². The Hall–Kier alpha value is -2.44. The fraction of sp³-hybridized carbons (Fsp3) is 0.429. The number of amides is 1. The molecular weight excluding hydrogens is 342 g/mol. The molecule has 0 unspecified atom stereocenters. The molecule has 2 saturated heterocycles. The second kappa shape index (κ2) is 8.50. The van der Waals surface area contributed by atoms with Gasteiger partial charge in [0, 0.05) is 51.4 Å². The van der Waals surface area contributed by atoms with E-state index in [0.29, 0.717) is 18.1 Å². The maximum Gasteiger partial charge on any atom is 0.255 e. The number of aromatic nitrogens is 1. The standard InChI is InChI=1S/C21H25N3O3/c25-21(18-6-7-20(22-14-18)27-19-8-13-26-16-19)24-11-9-23(10-12-24)15-17-4-2-1-3-5-17/h1-7,14,19H,8-13,15-16H2/t19-/m0/s1. The molecule has 1 aromatic heterocycles. The van der Waals surface area contributed by atoms with Crippen LogP contribution in [0.2, 0.25) is 0 Å². The van der Waals surface area contributed by atoms with Crippen LogP contribution in [0.15, 0.2) is 48.7 Å². The number of pyridine rings is 1. The van der Waals surface area contributed by atoms with Crippen LogP contribution in [0.4, 0.5) is 0 Å². The van der Waals surface area contributed by atoms with Crippen LogP contribution in [-0.4, -0.2) is 66.2 Å². The van der Waals surface area contributed by atoms with Gasteiger partial charge in [-0.1, -0.05) is 30.3 Å². The summed E-state index contributed by atoms with van der Waals surface area (Å²) in [5.41, 5.74) is 1.92. The lowest BCUT2D eigenvalue weighted by Crippen LogP contribution is -2.48. The van der Waals surface area contributed by atoms with E-state index in [1.165, 1.54) is 5.56 Å². The van der Waals surface area contributed by atoms with E-state index in [1.54, 1.807) is 18.3 Å². The van der Waals surface area contributed by atoms with Gasteiger partial charge >= 0.3 is 0 Å². The van der Waals surface area contributed by atoms with Crippen molar-refractivity contribution in [2.24, 2.45) is 0 Å². The molecule has 1 atom stereocenters. The van der Waals surface area contributed by atoms with Gasteiger partial charge in [-0.25, -0.2) is 4.98 Å². The van der Waals surface area contributed by atoms with Crippen molar-refractivity contribution in [3.05, 3.63) is 59.8 Å². The van der Waals surface area contributed by atoms with Crippen LogP contribution >= 0.6 is 0 Å². The van der Waals surface area contributed by atoms with Crippen molar-refractivity contribution in [1.82, 2.24) is 14.8 Å². The Morgan fingerprint density at radius 2 is 1.93 bits per heavy atom. The summed E-state index contributed by atoms with van der Waals surface area (Å²) in [6.07, 6.45) is 2.57. The second-order valence-electron chi connectivity index (χ2n) is 7.04. The minimum absolute atomic E-state index is 0.0395. The average molecular weight is 367 g/mol. The molecule has 4 rings (SSSR count). The number of carbonyl (C=O) groups excluding carboxylic acids is 1. The number of hydrogen-bond acceptors (Lipinski definition) is 5. The number of benzene rings is 1. The van der Waals surface area contributed by atoms with Gasteiger partial charge in [-0.05, 0) is 11.6 Å². The molecule has 0 aliphatic carbocycles. The fourth-order valence-corrected chi connectivity index (χ4v) is 3.49. The number of carbonyl (C=O) groups is 1. The Balaban J connectivity index is 1.28. The van der Waals surface area contributed by atoms with Crippen molar-refractivity contribution >= 4 is 5.91 Å². The van der Waals surface area contributed by atoms with E-state index in [9.17, 15) is 4.79 Å². The number of hydrogen-bond donors (Lipinski definition) is 0. The third-order valence-corrected chi connectivity index (χ3v) is 5.07. The van der Waals surface area contributed by atoms with E-state index < -0.39 is 0 Å². The number of nitrogens with zero attached hydrogens (tertiary/aromatic N) is 3. The summed E-state index contributed by atoms with van der Waals surface area (Å²) in [6, 6.07) is 14.0. The summed E-state index contributed by atoms with van der Waals surface area (Å²) in [6.45, 7) is 5.52. The molecule has 6 nitrogen and oxygen atoms in total. The van der Waals surface area contributed by atoms with Crippen LogP contribution in [0.25, 0.3) is 0 Å². The predicted octanol–water partition coefficient (Wildman–Crippen LogP) is 2.21. The highest BCUT2D eigenvalue weighted by Gasteiger charge is 2.23. The Morgan fingerprint density at radius 3 is 2.59 bits per heavy atom. The lowest BCUT2D eigenvalue weighted by atomic mass is 10.2. The van der Waals surface area contributed by atoms with Gasteiger partial charge in [-0.2, -0.15) is 0 Å². The zero-order chi connectivity index (χ0) is 18.5. The molecule has 3 heterocycles. The summed E-state index contributed by atoms with van der Waals surface area (Å²) in [4.78, 5) is 21.3. The fourth-order valence-electron chi connectivity index (χ4n) is 3.49. The van der Waals surface area contributed by atoms with Gasteiger partial charge in [-0.15, -0.1) is 0 Å². The van der Waals surface area contributed by atoms with Crippen LogP contribution in [0.3, 0.4) is 0 Å². The predicted molar refractivity (Wildman–Crippen MR) is 102 cm³/mol. The molecule has 2 aliphatic rings. The van der Waals surface area contributed by atoms with Gasteiger partial charge in [0.25, 0.3) is 5.91 Å². The highest BCUT2D eigenvalue weighted by molar-refractivity contribution is 5.94. The highest BCUT2D eigenvalue weighted by Crippen LogP contribution is 2.16. The molecule has 0 N–H and O–H groups in total. The number of rotatable bonds is 5. The van der Waals surface area contributed by atoms with Gasteiger partial charge in [0.2, 0.25) is 5.88 Å². The zero-order valence-corrected chi connectivity index (χ0v) is 15.4. The van der Waals surface area contributed by atoms with Crippen molar-refractivity contribution in [3.8, 4) is 5.88 Å². The van der Waals surface area contributed by atoms with E-state index in [4.69, 9.17) is 9.47 Å². The first-order valence-corrected chi connectivity index (χ1v) is 9.54. The molecule has 0 bridgehead atoms. The van der Waals surface area contributed by atoms with Crippen molar-refractivity contribution < 1.29 is 14.3 Å². The molecule has 0 radical (unpaired) electrons. The van der Waals surface area contributed by atoms with Gasteiger partial charge < -0.3 is 14.4 Å². The third-order valence-electron chi connectivity index (χ3n) is 5.07. The van der Waals surface area contributed by atoms with Gasteiger partial charge in [0.05, 0.1) is 18.8 Å². The van der Waals surface area contributed by atoms with Crippen LogP contribution in [0.5, 0.6) is 5.88 Å². The van der Waals surface area contributed by atoms with Crippen molar-refractivity contribution in [3.63, 3.8) is 0 Å². The van der Waals surface area contributed by atoms with Crippen molar-refractivity contribution in [2.45, 2.75) is 19.1 Å². The summed E-state index contributed by atoms with van der Waals surface area (Å²) >= 11 is 0. The summed E-state index contributed by atoms with van der Waals surface area (Å²) in [5, 5.41) is 0. The van der Waals surface area contributed by atoms with E-state index >= 15 is 0 Å². The molecule has 6 heteroatoms. The molecule has 0 spiro atoms. The number of ether oxygens (including phenoxy) is 2. The van der Waals surface area contributed by atoms with E-state index in [2.05, 4.69) is 34.1 Å². The van der Waals surface area contributed by atoms with E-state index in [0.717, 1.165) is 45.8 Å².